The summed E-state index contributed by atoms with van der Waals surface area (Å²) in [7, 11) is 1.67. The fourth-order valence-corrected chi connectivity index (χ4v) is 2.37. The van der Waals surface area contributed by atoms with Crippen LogP contribution in [0.25, 0.3) is 0 Å². The summed E-state index contributed by atoms with van der Waals surface area (Å²) < 4.78 is 0. The van der Waals surface area contributed by atoms with Crippen molar-refractivity contribution in [2.45, 2.75) is 52.5 Å². The second-order valence-electron chi connectivity index (χ2n) is 5.65. The maximum Gasteiger partial charge on any atom is 0.314 e. The summed E-state index contributed by atoms with van der Waals surface area (Å²) in [6.07, 6.45) is 4.78. The van der Waals surface area contributed by atoms with Gasteiger partial charge in [-0.25, -0.2) is 4.79 Å². The molecule has 0 heterocycles. The molecule has 1 rings (SSSR count). The minimum absolute atomic E-state index is 0. The summed E-state index contributed by atoms with van der Waals surface area (Å²) >= 11 is 0. The van der Waals surface area contributed by atoms with E-state index in [0.29, 0.717) is 11.5 Å². The quantitative estimate of drug-likeness (QED) is 0.695. The third kappa shape index (κ3) is 3.73. The lowest BCUT2D eigenvalue weighted by Crippen LogP contribution is -2.44. The predicted molar refractivity (Wildman–Crippen MR) is 67.0 cm³/mol. The van der Waals surface area contributed by atoms with E-state index in [-0.39, 0.29) is 8.88 Å². The van der Waals surface area contributed by atoms with Crippen molar-refractivity contribution in [1.29, 1.82) is 0 Å². The van der Waals surface area contributed by atoms with Gasteiger partial charge >= 0.3 is 6.03 Å². The lowest BCUT2D eigenvalue weighted by atomic mass is 9.71. The first-order valence-corrected chi connectivity index (χ1v) is 5.91. The zero-order valence-corrected chi connectivity index (χ0v) is 10.4. The molecule has 1 saturated carbocycles. The molecule has 3 nitrogen and oxygen atoms in total. The van der Waals surface area contributed by atoms with Crippen LogP contribution in [0.5, 0.6) is 0 Å². The molecule has 92 valence electrons. The standard InChI is InChI=1S/C12H24N2O.2H2/c1-12(2,3)9-6-5-7-10(8-9)14-11(15)13-4;;/h9-10H,5-8H2,1-4H3,(H2,13,14,15);2*1H. The van der Waals surface area contributed by atoms with E-state index in [1.807, 2.05) is 0 Å². The highest BCUT2D eigenvalue weighted by molar-refractivity contribution is 5.73. The molecule has 2 N–H and O–H groups in total. The molecule has 2 unspecified atom stereocenters. The zero-order chi connectivity index (χ0) is 11.5. The van der Waals surface area contributed by atoms with Crippen molar-refractivity contribution in [3.8, 4) is 0 Å². The van der Waals surface area contributed by atoms with Gasteiger partial charge < -0.3 is 10.6 Å². The van der Waals surface area contributed by atoms with Crippen molar-refractivity contribution in [1.82, 2.24) is 10.6 Å². The Labute approximate surface area is 96.0 Å². The third-order valence-electron chi connectivity index (χ3n) is 3.46. The Morgan fingerprint density at radius 1 is 1.33 bits per heavy atom. The summed E-state index contributed by atoms with van der Waals surface area (Å²) in [6, 6.07) is 0.317. The van der Waals surface area contributed by atoms with Crippen LogP contribution in [0.3, 0.4) is 0 Å². The lowest BCUT2D eigenvalue weighted by molar-refractivity contribution is 0.154. The molecule has 1 aliphatic carbocycles. The van der Waals surface area contributed by atoms with Crippen molar-refractivity contribution >= 4 is 6.03 Å². The molecule has 0 saturated heterocycles. The van der Waals surface area contributed by atoms with Gasteiger partial charge in [0, 0.05) is 15.9 Å². The molecule has 0 spiro atoms. The maximum atomic E-state index is 11.2. The van der Waals surface area contributed by atoms with Crippen LogP contribution in [0, 0.1) is 11.3 Å². The highest BCUT2D eigenvalue weighted by atomic mass is 16.2. The van der Waals surface area contributed by atoms with Crippen molar-refractivity contribution in [2.75, 3.05) is 7.05 Å². The van der Waals surface area contributed by atoms with Crippen LogP contribution < -0.4 is 10.6 Å². The van der Waals surface area contributed by atoms with E-state index in [1.165, 1.54) is 12.8 Å². The van der Waals surface area contributed by atoms with Gasteiger partial charge in [-0.1, -0.05) is 27.2 Å². The van der Waals surface area contributed by atoms with Gasteiger partial charge in [0.05, 0.1) is 0 Å². The van der Waals surface area contributed by atoms with Gasteiger partial charge in [-0.15, -0.1) is 0 Å². The van der Waals surface area contributed by atoms with Crippen LogP contribution in [0.15, 0.2) is 0 Å². The topological polar surface area (TPSA) is 41.1 Å². The highest BCUT2D eigenvalue weighted by Crippen LogP contribution is 2.37. The molecular formula is C12H28N2O. The second kappa shape index (κ2) is 4.86. The number of nitrogens with one attached hydrogen (secondary N) is 2. The summed E-state index contributed by atoms with van der Waals surface area (Å²) in [6.45, 7) is 6.87. The van der Waals surface area contributed by atoms with E-state index in [1.54, 1.807) is 7.05 Å². The van der Waals surface area contributed by atoms with Gasteiger partial charge in [-0.05, 0) is 30.6 Å². The first kappa shape index (κ1) is 12.3. The normalized spacial score (nSPS) is 27.2. The number of carbonyl (C=O) groups is 1. The largest absolute Gasteiger partial charge is 0.341 e. The molecule has 1 fully saturated rings. The van der Waals surface area contributed by atoms with Gasteiger partial charge in [0.15, 0.2) is 0 Å². The van der Waals surface area contributed by atoms with Gasteiger partial charge in [0.1, 0.15) is 0 Å². The van der Waals surface area contributed by atoms with Crippen LogP contribution in [0.1, 0.15) is 49.3 Å². The van der Waals surface area contributed by atoms with E-state index >= 15 is 0 Å². The van der Waals surface area contributed by atoms with Gasteiger partial charge in [0.2, 0.25) is 0 Å². The Kier molecular flexibility index (Phi) is 4.00. The summed E-state index contributed by atoms with van der Waals surface area (Å²) in [4.78, 5) is 11.2. The molecule has 0 aromatic heterocycles. The molecule has 0 aromatic carbocycles. The van der Waals surface area contributed by atoms with Crippen LogP contribution >= 0.6 is 0 Å². The lowest BCUT2D eigenvalue weighted by Gasteiger charge is -2.37. The van der Waals surface area contributed by atoms with Crippen molar-refractivity contribution in [3.63, 3.8) is 0 Å². The van der Waals surface area contributed by atoms with Crippen molar-refractivity contribution in [3.05, 3.63) is 0 Å². The average Bonchev–Trinajstić information content (AvgIpc) is 2.17. The van der Waals surface area contributed by atoms with Crippen LogP contribution in [-0.2, 0) is 0 Å². The SMILES string of the molecule is CNC(=O)NC1CCCC(C(C)(C)C)C1.[HH].[HH]. The molecular weight excluding hydrogens is 188 g/mol. The maximum absolute atomic E-state index is 11.2. The number of hydrogen-bond acceptors (Lipinski definition) is 1. The number of hydrogen-bond donors (Lipinski definition) is 2. The summed E-state index contributed by atoms with van der Waals surface area (Å²) in [5, 5.41) is 5.64. The van der Waals surface area contributed by atoms with E-state index in [2.05, 4.69) is 31.4 Å². The average molecular weight is 216 g/mol. The van der Waals surface area contributed by atoms with Gasteiger partial charge in [-0.3, -0.25) is 0 Å². The Morgan fingerprint density at radius 3 is 2.53 bits per heavy atom. The van der Waals surface area contributed by atoms with Gasteiger partial charge in [-0.2, -0.15) is 0 Å². The molecule has 0 aromatic rings. The first-order valence-electron chi connectivity index (χ1n) is 5.91. The van der Waals surface area contributed by atoms with E-state index in [4.69, 9.17) is 0 Å². The number of carbonyl (C=O) groups excluding carboxylic acids is 1. The minimum Gasteiger partial charge on any atom is -0.341 e. The molecule has 0 radical (unpaired) electrons. The molecule has 15 heavy (non-hydrogen) atoms. The number of rotatable bonds is 1. The van der Waals surface area contributed by atoms with Crippen LogP contribution in [-0.4, -0.2) is 19.1 Å². The Morgan fingerprint density at radius 2 is 2.00 bits per heavy atom. The molecule has 2 amide bonds. The third-order valence-corrected chi connectivity index (χ3v) is 3.46. The molecule has 0 bridgehead atoms. The fraction of sp³-hybridized carbons (Fsp3) is 0.917. The molecule has 0 aliphatic heterocycles. The minimum atomic E-state index is -0.0467. The molecule has 2 atom stereocenters. The fourth-order valence-electron chi connectivity index (χ4n) is 2.37. The van der Waals surface area contributed by atoms with Crippen LogP contribution in [0.4, 0.5) is 4.79 Å². The Hall–Kier alpha value is -0.730. The number of amides is 2. The summed E-state index contributed by atoms with van der Waals surface area (Å²) in [5.74, 6) is 0.730. The van der Waals surface area contributed by atoms with E-state index < -0.39 is 0 Å². The Balaban J connectivity index is 0. The second-order valence-corrected chi connectivity index (χ2v) is 5.65. The zero-order valence-electron chi connectivity index (χ0n) is 10.4. The smallest absolute Gasteiger partial charge is 0.314 e. The Bertz CT molecular complexity index is 229. The molecule has 1 aliphatic rings. The number of urea groups is 1. The summed E-state index contributed by atoms with van der Waals surface area (Å²) in [5.41, 5.74) is 0.364. The highest BCUT2D eigenvalue weighted by Gasteiger charge is 2.30. The molecule has 3 heteroatoms. The van der Waals surface area contributed by atoms with Crippen molar-refractivity contribution in [2.24, 2.45) is 11.3 Å². The van der Waals surface area contributed by atoms with E-state index in [0.717, 1.165) is 18.8 Å². The monoisotopic (exact) mass is 216 g/mol. The van der Waals surface area contributed by atoms with Gasteiger partial charge in [0.25, 0.3) is 0 Å². The van der Waals surface area contributed by atoms with Crippen molar-refractivity contribution < 1.29 is 7.65 Å². The van der Waals surface area contributed by atoms with E-state index in [9.17, 15) is 4.79 Å². The predicted octanol–water partition coefficient (Wildman–Crippen LogP) is 3.01. The van der Waals surface area contributed by atoms with Crippen LogP contribution in [0.2, 0.25) is 0 Å². The first-order chi connectivity index (χ1) is 6.93.